The van der Waals surface area contributed by atoms with E-state index in [9.17, 15) is 0 Å². The first-order valence-corrected chi connectivity index (χ1v) is 5.90. The zero-order valence-electron chi connectivity index (χ0n) is 8.87. The zero-order valence-corrected chi connectivity index (χ0v) is 9.87. The number of hydrogen-bond donors (Lipinski definition) is 0. The van der Waals surface area contributed by atoms with Gasteiger partial charge in [-0.05, 0) is 32.9 Å². The molecule has 0 saturated carbocycles. The zero-order chi connectivity index (χ0) is 10.4. The molecule has 1 rings (SSSR count). The van der Waals surface area contributed by atoms with Crippen LogP contribution in [0.5, 0.6) is 0 Å². The first-order valence-electron chi connectivity index (χ1n) is 4.82. The van der Waals surface area contributed by atoms with Crippen molar-refractivity contribution in [1.82, 2.24) is 0 Å². The maximum absolute atomic E-state index is 5.46. The molecule has 14 heavy (non-hydrogen) atoms. The summed E-state index contributed by atoms with van der Waals surface area (Å²) in [6.07, 6.45) is 0. The summed E-state index contributed by atoms with van der Waals surface area (Å²) in [7, 11) is 0.419. The predicted octanol–water partition coefficient (Wildman–Crippen LogP) is 1.27. The molecular formula is C10H16O3Si. The van der Waals surface area contributed by atoms with Gasteiger partial charge in [-0.2, -0.15) is 0 Å². The van der Waals surface area contributed by atoms with Crippen molar-refractivity contribution in [3.05, 3.63) is 17.9 Å². The molecule has 78 valence electrons. The van der Waals surface area contributed by atoms with Crippen LogP contribution in [0.2, 0.25) is 0 Å². The second-order valence-corrected chi connectivity index (χ2v) is 4.05. The van der Waals surface area contributed by atoms with Gasteiger partial charge >= 0.3 is 0 Å². The second-order valence-electron chi connectivity index (χ2n) is 2.80. The van der Waals surface area contributed by atoms with Gasteiger partial charge in [-0.1, -0.05) is 0 Å². The van der Waals surface area contributed by atoms with Crippen LogP contribution in [0.25, 0.3) is 0 Å². The molecule has 1 heterocycles. The molecule has 1 aromatic rings. The molecule has 0 spiro atoms. The van der Waals surface area contributed by atoms with Crippen LogP contribution in [-0.4, -0.2) is 28.6 Å². The van der Waals surface area contributed by atoms with E-state index in [0.717, 1.165) is 11.1 Å². The molecule has 0 unspecified atom stereocenters. The van der Waals surface area contributed by atoms with E-state index in [1.165, 1.54) is 0 Å². The Morgan fingerprint density at radius 3 is 2.36 bits per heavy atom. The summed E-state index contributed by atoms with van der Waals surface area (Å²) in [6, 6.07) is 3.93. The summed E-state index contributed by atoms with van der Waals surface area (Å²) in [4.78, 5) is 0. The lowest BCUT2D eigenvalue weighted by Crippen LogP contribution is -2.32. The van der Waals surface area contributed by atoms with Gasteiger partial charge in [-0.15, -0.1) is 0 Å². The molecule has 0 aliphatic heterocycles. The predicted molar refractivity (Wildman–Crippen MR) is 55.9 cm³/mol. The number of aryl methyl sites for hydroxylation is 1. The molecule has 0 bridgehead atoms. The highest BCUT2D eigenvalue weighted by Gasteiger charge is 2.13. The van der Waals surface area contributed by atoms with Gasteiger partial charge in [-0.25, -0.2) is 0 Å². The molecule has 0 amide bonds. The Balaban J connectivity index is 2.46. The third-order valence-electron chi connectivity index (χ3n) is 1.64. The summed E-state index contributed by atoms with van der Waals surface area (Å²) < 4.78 is 16.3. The summed E-state index contributed by atoms with van der Waals surface area (Å²) >= 11 is 0. The van der Waals surface area contributed by atoms with E-state index >= 15 is 0 Å². The van der Waals surface area contributed by atoms with Crippen molar-refractivity contribution >= 4 is 14.9 Å². The summed E-state index contributed by atoms with van der Waals surface area (Å²) in [6.45, 7) is 7.19. The molecular weight excluding hydrogens is 196 g/mol. The molecule has 1 aromatic heterocycles. The summed E-state index contributed by atoms with van der Waals surface area (Å²) in [5.41, 5.74) is 0. The SMILES string of the molecule is CCOC(OCC)[Si]c1ccc(C)o1. The van der Waals surface area contributed by atoms with Crippen LogP contribution in [0, 0.1) is 6.92 Å². The Morgan fingerprint density at radius 2 is 1.93 bits per heavy atom. The molecule has 0 fully saturated rings. The van der Waals surface area contributed by atoms with Gasteiger partial charge in [0.2, 0.25) is 9.52 Å². The Bertz CT molecular complexity index is 254. The van der Waals surface area contributed by atoms with Crippen molar-refractivity contribution in [3.8, 4) is 0 Å². The maximum atomic E-state index is 5.46. The van der Waals surface area contributed by atoms with Crippen molar-refractivity contribution in [2.75, 3.05) is 13.2 Å². The van der Waals surface area contributed by atoms with Crippen molar-refractivity contribution in [1.29, 1.82) is 0 Å². The Morgan fingerprint density at radius 1 is 1.29 bits per heavy atom. The minimum absolute atomic E-state index is 0.157. The number of hydrogen-bond acceptors (Lipinski definition) is 3. The molecule has 0 N–H and O–H groups in total. The standard InChI is InChI=1S/C10H16O3Si/c1-4-11-10(12-5-2)14-9-7-6-8(3)13-9/h6-7,10H,4-5H2,1-3H3. The Hall–Kier alpha value is -0.583. The number of ether oxygens (including phenoxy) is 2. The first kappa shape index (κ1) is 11.5. The molecule has 0 saturated heterocycles. The van der Waals surface area contributed by atoms with Crippen LogP contribution in [0.15, 0.2) is 16.5 Å². The number of rotatable bonds is 6. The maximum Gasteiger partial charge on any atom is 0.207 e. The van der Waals surface area contributed by atoms with E-state index in [2.05, 4.69) is 0 Å². The summed E-state index contributed by atoms with van der Waals surface area (Å²) in [5.74, 6) is 0.773. The van der Waals surface area contributed by atoms with E-state index < -0.39 is 0 Å². The smallest absolute Gasteiger partial charge is 0.207 e. The van der Waals surface area contributed by atoms with Crippen LogP contribution < -0.4 is 5.38 Å². The van der Waals surface area contributed by atoms with Gasteiger partial charge in [-0.3, -0.25) is 0 Å². The van der Waals surface area contributed by atoms with Gasteiger partial charge in [0, 0.05) is 13.2 Å². The van der Waals surface area contributed by atoms with E-state index in [-0.39, 0.29) is 5.91 Å². The lowest BCUT2D eigenvalue weighted by molar-refractivity contribution is -0.0819. The van der Waals surface area contributed by atoms with Crippen molar-refractivity contribution in [3.63, 3.8) is 0 Å². The molecule has 0 aliphatic rings. The van der Waals surface area contributed by atoms with Gasteiger partial charge in [0.15, 0.2) is 0 Å². The lowest BCUT2D eigenvalue weighted by Gasteiger charge is -2.14. The fraction of sp³-hybridized carbons (Fsp3) is 0.600. The second kappa shape index (κ2) is 6.01. The van der Waals surface area contributed by atoms with Crippen molar-refractivity contribution < 1.29 is 13.9 Å². The monoisotopic (exact) mass is 212 g/mol. The molecule has 0 atom stereocenters. The number of furan rings is 1. The highest BCUT2D eigenvalue weighted by atomic mass is 28.2. The Labute approximate surface area is 87.2 Å². The van der Waals surface area contributed by atoms with Crippen LogP contribution >= 0.6 is 0 Å². The van der Waals surface area contributed by atoms with Gasteiger partial charge in [0.1, 0.15) is 5.91 Å². The minimum atomic E-state index is -0.157. The van der Waals surface area contributed by atoms with Gasteiger partial charge < -0.3 is 13.9 Å². The molecule has 2 radical (unpaired) electrons. The Kier molecular flexibility index (Phi) is 4.93. The van der Waals surface area contributed by atoms with Crippen molar-refractivity contribution in [2.45, 2.75) is 26.7 Å². The first-order chi connectivity index (χ1) is 6.76. The van der Waals surface area contributed by atoms with Crippen molar-refractivity contribution in [2.24, 2.45) is 0 Å². The summed E-state index contributed by atoms with van der Waals surface area (Å²) in [5, 5.41) is 0.939. The van der Waals surface area contributed by atoms with Gasteiger partial charge in [0.05, 0.1) is 11.1 Å². The minimum Gasteiger partial charge on any atom is -0.472 e. The molecule has 0 aromatic carbocycles. The molecule has 0 aliphatic carbocycles. The van der Waals surface area contributed by atoms with E-state index in [1.54, 1.807) is 0 Å². The highest BCUT2D eigenvalue weighted by molar-refractivity contribution is 6.52. The largest absolute Gasteiger partial charge is 0.472 e. The third-order valence-corrected chi connectivity index (χ3v) is 2.76. The normalized spacial score (nSPS) is 11.1. The molecule has 3 nitrogen and oxygen atoms in total. The van der Waals surface area contributed by atoms with E-state index in [1.807, 2.05) is 32.9 Å². The van der Waals surface area contributed by atoms with Crippen LogP contribution in [-0.2, 0) is 9.47 Å². The topological polar surface area (TPSA) is 31.6 Å². The van der Waals surface area contributed by atoms with Crippen LogP contribution in [0.4, 0.5) is 0 Å². The third kappa shape index (κ3) is 3.65. The average molecular weight is 212 g/mol. The lowest BCUT2D eigenvalue weighted by atomic mass is 10.5. The quantitative estimate of drug-likeness (QED) is 0.526. The van der Waals surface area contributed by atoms with Crippen LogP contribution in [0.1, 0.15) is 19.6 Å². The van der Waals surface area contributed by atoms with Crippen LogP contribution in [0.3, 0.4) is 0 Å². The highest BCUT2D eigenvalue weighted by Crippen LogP contribution is 1.98. The molecule has 4 heteroatoms. The van der Waals surface area contributed by atoms with E-state index in [4.69, 9.17) is 13.9 Å². The van der Waals surface area contributed by atoms with Gasteiger partial charge in [0.25, 0.3) is 0 Å². The fourth-order valence-corrected chi connectivity index (χ4v) is 2.19. The fourth-order valence-electron chi connectivity index (χ4n) is 1.06. The average Bonchev–Trinajstić information content (AvgIpc) is 2.52. The van der Waals surface area contributed by atoms with E-state index in [0.29, 0.717) is 22.7 Å².